The van der Waals surface area contributed by atoms with Gasteiger partial charge in [0.1, 0.15) is 5.76 Å². The summed E-state index contributed by atoms with van der Waals surface area (Å²) >= 11 is 0. The third-order valence-electron chi connectivity index (χ3n) is 5.70. The molecule has 2 atom stereocenters. The Kier molecular flexibility index (Phi) is 10.2. The van der Waals surface area contributed by atoms with Crippen LogP contribution in [0.4, 0.5) is 0 Å². The zero-order valence-electron chi connectivity index (χ0n) is 17.0. The SMILES string of the molecule is CC1CCCCC1NC(=NCCCN1CCCC1=O)NCCc1ccco1.I. The second-order valence-electron chi connectivity index (χ2n) is 7.84. The topological polar surface area (TPSA) is 69.9 Å². The number of aliphatic imine (C=N–C) groups is 1. The van der Waals surface area contributed by atoms with E-state index in [0.717, 1.165) is 57.2 Å². The fourth-order valence-electron chi connectivity index (χ4n) is 4.01. The van der Waals surface area contributed by atoms with Crippen molar-refractivity contribution in [2.24, 2.45) is 10.9 Å². The van der Waals surface area contributed by atoms with Crippen LogP contribution in [0.25, 0.3) is 0 Å². The van der Waals surface area contributed by atoms with Crippen molar-refractivity contribution in [3.8, 4) is 0 Å². The predicted molar refractivity (Wildman–Crippen MR) is 123 cm³/mol. The molecule has 6 nitrogen and oxygen atoms in total. The lowest BCUT2D eigenvalue weighted by Gasteiger charge is -2.31. The summed E-state index contributed by atoms with van der Waals surface area (Å²) in [7, 11) is 0. The number of likely N-dealkylation sites (tertiary alicyclic amines) is 1. The maximum atomic E-state index is 11.7. The highest BCUT2D eigenvalue weighted by molar-refractivity contribution is 14.0. The molecule has 158 valence electrons. The lowest BCUT2D eigenvalue weighted by Crippen LogP contribution is -2.47. The van der Waals surface area contributed by atoms with Gasteiger partial charge in [0.05, 0.1) is 6.26 Å². The normalized spacial score (nSPS) is 22.8. The number of nitrogens with one attached hydrogen (secondary N) is 2. The van der Waals surface area contributed by atoms with Crippen molar-refractivity contribution in [1.29, 1.82) is 0 Å². The Labute approximate surface area is 185 Å². The van der Waals surface area contributed by atoms with Crippen LogP contribution in [0.3, 0.4) is 0 Å². The van der Waals surface area contributed by atoms with Crippen molar-refractivity contribution in [2.75, 3.05) is 26.2 Å². The molecule has 2 unspecified atom stereocenters. The first-order valence-corrected chi connectivity index (χ1v) is 10.6. The lowest BCUT2D eigenvalue weighted by molar-refractivity contribution is -0.127. The minimum absolute atomic E-state index is 0. The Morgan fingerprint density at radius 3 is 2.89 bits per heavy atom. The van der Waals surface area contributed by atoms with E-state index in [-0.39, 0.29) is 24.0 Å². The monoisotopic (exact) mass is 502 g/mol. The van der Waals surface area contributed by atoms with E-state index in [4.69, 9.17) is 9.41 Å². The average molecular weight is 502 g/mol. The minimum Gasteiger partial charge on any atom is -0.469 e. The third-order valence-corrected chi connectivity index (χ3v) is 5.70. The molecule has 7 heteroatoms. The third kappa shape index (κ3) is 7.29. The first kappa shape index (κ1) is 23.0. The fourth-order valence-corrected chi connectivity index (χ4v) is 4.01. The van der Waals surface area contributed by atoms with Crippen molar-refractivity contribution in [1.82, 2.24) is 15.5 Å². The summed E-state index contributed by atoms with van der Waals surface area (Å²) in [6.45, 7) is 5.60. The molecule has 1 aliphatic carbocycles. The number of halogens is 1. The van der Waals surface area contributed by atoms with Gasteiger partial charge in [0.25, 0.3) is 0 Å². The molecule has 0 aromatic carbocycles. The highest BCUT2D eigenvalue weighted by Gasteiger charge is 2.22. The van der Waals surface area contributed by atoms with Gasteiger partial charge in [0.2, 0.25) is 5.91 Å². The number of carbonyl (C=O) groups excluding carboxylic acids is 1. The molecular formula is C21H35IN4O2. The zero-order chi connectivity index (χ0) is 18.9. The standard InChI is InChI=1S/C21H34N4O2.HI/c1-17-7-2-3-9-19(17)24-21(23-13-11-18-8-5-16-27-18)22-12-6-15-25-14-4-10-20(25)26;/h5,8,16-17,19H,2-4,6-7,9-15H2,1H3,(H2,22,23,24);1H. The number of rotatable bonds is 8. The first-order chi connectivity index (χ1) is 13.2. The first-order valence-electron chi connectivity index (χ1n) is 10.6. The quantitative estimate of drug-likeness (QED) is 0.247. The molecule has 1 saturated heterocycles. The average Bonchev–Trinajstić information content (AvgIpc) is 3.32. The van der Waals surface area contributed by atoms with E-state index in [1.807, 2.05) is 17.0 Å². The van der Waals surface area contributed by atoms with Gasteiger partial charge in [0.15, 0.2) is 5.96 Å². The van der Waals surface area contributed by atoms with Gasteiger partial charge in [0, 0.05) is 45.1 Å². The van der Waals surface area contributed by atoms with Crippen LogP contribution in [0.1, 0.15) is 57.6 Å². The Morgan fingerprint density at radius 2 is 2.18 bits per heavy atom. The van der Waals surface area contributed by atoms with Gasteiger partial charge < -0.3 is 20.0 Å². The van der Waals surface area contributed by atoms with E-state index in [2.05, 4.69) is 17.6 Å². The number of guanidine groups is 1. The van der Waals surface area contributed by atoms with Crippen molar-refractivity contribution < 1.29 is 9.21 Å². The maximum Gasteiger partial charge on any atom is 0.222 e. The van der Waals surface area contributed by atoms with Gasteiger partial charge in [-0.05, 0) is 43.7 Å². The Hall–Kier alpha value is -1.25. The van der Waals surface area contributed by atoms with Crippen LogP contribution in [0.2, 0.25) is 0 Å². The van der Waals surface area contributed by atoms with Crippen molar-refractivity contribution in [3.05, 3.63) is 24.2 Å². The van der Waals surface area contributed by atoms with Gasteiger partial charge >= 0.3 is 0 Å². The molecule has 3 rings (SSSR count). The molecule has 0 spiro atoms. The van der Waals surface area contributed by atoms with E-state index in [9.17, 15) is 4.79 Å². The van der Waals surface area contributed by atoms with Crippen LogP contribution in [0, 0.1) is 5.92 Å². The second kappa shape index (κ2) is 12.3. The van der Waals surface area contributed by atoms with E-state index in [0.29, 0.717) is 24.3 Å². The number of nitrogens with zero attached hydrogens (tertiary/aromatic N) is 2. The second-order valence-corrected chi connectivity index (χ2v) is 7.84. The number of amides is 1. The molecule has 1 saturated carbocycles. The summed E-state index contributed by atoms with van der Waals surface area (Å²) in [6, 6.07) is 4.42. The van der Waals surface area contributed by atoms with Crippen LogP contribution in [-0.4, -0.2) is 49.0 Å². The van der Waals surface area contributed by atoms with Crippen molar-refractivity contribution in [2.45, 2.75) is 64.3 Å². The van der Waals surface area contributed by atoms with Gasteiger partial charge in [-0.25, -0.2) is 0 Å². The van der Waals surface area contributed by atoms with Crippen molar-refractivity contribution >= 4 is 35.8 Å². The van der Waals surface area contributed by atoms with E-state index in [1.54, 1.807) is 6.26 Å². The minimum atomic E-state index is 0. The van der Waals surface area contributed by atoms with Gasteiger partial charge in [-0.1, -0.05) is 19.8 Å². The zero-order valence-corrected chi connectivity index (χ0v) is 19.3. The molecule has 1 amide bonds. The van der Waals surface area contributed by atoms with E-state index < -0.39 is 0 Å². The Morgan fingerprint density at radius 1 is 1.32 bits per heavy atom. The predicted octanol–water partition coefficient (Wildman–Crippen LogP) is 3.57. The number of hydrogen-bond acceptors (Lipinski definition) is 3. The molecular weight excluding hydrogens is 467 g/mol. The van der Waals surface area contributed by atoms with E-state index in [1.165, 1.54) is 25.7 Å². The van der Waals surface area contributed by atoms with Crippen LogP contribution in [-0.2, 0) is 11.2 Å². The summed E-state index contributed by atoms with van der Waals surface area (Å²) in [5.74, 6) is 2.86. The molecule has 1 aromatic heterocycles. The van der Waals surface area contributed by atoms with Gasteiger partial charge in [-0.15, -0.1) is 24.0 Å². The molecule has 2 fully saturated rings. The van der Waals surface area contributed by atoms with Crippen molar-refractivity contribution in [3.63, 3.8) is 0 Å². The van der Waals surface area contributed by atoms with E-state index >= 15 is 0 Å². The maximum absolute atomic E-state index is 11.7. The summed E-state index contributed by atoms with van der Waals surface area (Å²) in [5.41, 5.74) is 0. The smallest absolute Gasteiger partial charge is 0.222 e. The number of carbonyl (C=O) groups is 1. The van der Waals surface area contributed by atoms with Gasteiger partial charge in [-0.3, -0.25) is 9.79 Å². The number of furan rings is 1. The number of hydrogen-bond donors (Lipinski definition) is 2. The van der Waals surface area contributed by atoms with Crippen LogP contribution >= 0.6 is 24.0 Å². The van der Waals surface area contributed by atoms with Crippen LogP contribution in [0.15, 0.2) is 27.8 Å². The molecule has 2 aliphatic rings. The molecule has 28 heavy (non-hydrogen) atoms. The molecule has 1 aliphatic heterocycles. The summed E-state index contributed by atoms with van der Waals surface area (Å²) < 4.78 is 5.41. The lowest BCUT2D eigenvalue weighted by atomic mass is 9.86. The summed E-state index contributed by atoms with van der Waals surface area (Å²) in [4.78, 5) is 18.5. The molecule has 0 radical (unpaired) electrons. The summed E-state index contributed by atoms with van der Waals surface area (Å²) in [6.07, 6.45) is 10.3. The highest BCUT2D eigenvalue weighted by Crippen LogP contribution is 2.23. The van der Waals surface area contributed by atoms with Gasteiger partial charge in [-0.2, -0.15) is 0 Å². The van der Waals surface area contributed by atoms with Crippen LogP contribution < -0.4 is 10.6 Å². The molecule has 0 bridgehead atoms. The fraction of sp³-hybridized carbons (Fsp3) is 0.714. The van der Waals surface area contributed by atoms with Crippen LogP contribution in [0.5, 0.6) is 0 Å². The molecule has 2 heterocycles. The largest absolute Gasteiger partial charge is 0.469 e. The Bertz CT molecular complexity index is 606. The Balaban J connectivity index is 0.00000280. The summed E-state index contributed by atoms with van der Waals surface area (Å²) in [5, 5.41) is 7.11. The molecule has 2 N–H and O–H groups in total. The molecule has 1 aromatic rings. The highest BCUT2D eigenvalue weighted by atomic mass is 127.